The molecule has 1 unspecified atom stereocenters. The number of nitrogens with two attached hydrogens (primary N) is 1. The minimum Gasteiger partial charge on any atom is -0.397 e. The maximum Gasteiger partial charge on any atom is 0.266 e. The van der Waals surface area contributed by atoms with E-state index in [2.05, 4.69) is 15.9 Å². The first-order valence-corrected chi connectivity index (χ1v) is 8.20. The van der Waals surface area contributed by atoms with Gasteiger partial charge in [-0.1, -0.05) is 22.0 Å². The SMILES string of the molecule is Nc1c(C(=O)N2CCOCC2CO)sc2cccc(Br)c12. The first-order valence-electron chi connectivity index (χ1n) is 6.59. The average Bonchev–Trinajstić information content (AvgIpc) is 2.85. The molecule has 0 saturated carbocycles. The maximum atomic E-state index is 12.7. The van der Waals surface area contributed by atoms with Crippen molar-refractivity contribution >= 4 is 48.9 Å². The Morgan fingerprint density at radius 3 is 3.10 bits per heavy atom. The number of anilines is 1. The fraction of sp³-hybridized carbons (Fsp3) is 0.357. The highest BCUT2D eigenvalue weighted by Gasteiger charge is 2.30. The fourth-order valence-electron chi connectivity index (χ4n) is 2.49. The predicted octanol–water partition coefficient (Wildman–Crippen LogP) is 2.08. The van der Waals surface area contributed by atoms with Crippen LogP contribution in [0.25, 0.3) is 10.1 Å². The second-order valence-corrected chi connectivity index (χ2v) is 6.77. The van der Waals surface area contributed by atoms with Gasteiger partial charge in [0.25, 0.3) is 5.91 Å². The molecule has 1 aliphatic rings. The van der Waals surface area contributed by atoms with Gasteiger partial charge in [-0.05, 0) is 12.1 Å². The monoisotopic (exact) mass is 370 g/mol. The second kappa shape index (κ2) is 5.92. The molecule has 2 heterocycles. The van der Waals surface area contributed by atoms with Crippen molar-refractivity contribution in [1.82, 2.24) is 4.90 Å². The summed E-state index contributed by atoms with van der Waals surface area (Å²) in [5.41, 5.74) is 6.67. The van der Waals surface area contributed by atoms with E-state index in [0.717, 1.165) is 14.6 Å². The number of aliphatic hydroxyl groups is 1. The van der Waals surface area contributed by atoms with Gasteiger partial charge in [0.15, 0.2) is 0 Å². The van der Waals surface area contributed by atoms with Crippen LogP contribution in [0.1, 0.15) is 9.67 Å². The summed E-state index contributed by atoms with van der Waals surface area (Å²) < 4.78 is 7.16. The molecule has 112 valence electrons. The number of nitrogens with zero attached hydrogens (tertiary/aromatic N) is 1. The number of fused-ring (bicyclic) bond motifs is 1. The molecule has 3 rings (SSSR count). The lowest BCUT2D eigenvalue weighted by atomic mass is 10.2. The number of rotatable bonds is 2. The largest absolute Gasteiger partial charge is 0.397 e. The highest BCUT2D eigenvalue weighted by molar-refractivity contribution is 9.10. The Balaban J connectivity index is 2.01. The van der Waals surface area contributed by atoms with Crippen LogP contribution in [-0.4, -0.2) is 48.3 Å². The Kier molecular flexibility index (Phi) is 4.17. The van der Waals surface area contributed by atoms with E-state index in [9.17, 15) is 9.90 Å². The number of thiophene rings is 1. The number of halogens is 1. The van der Waals surface area contributed by atoms with Gasteiger partial charge in [0, 0.05) is 21.1 Å². The lowest BCUT2D eigenvalue weighted by molar-refractivity contribution is -0.0181. The molecule has 1 aromatic heterocycles. The number of carbonyl (C=O) groups excluding carboxylic acids is 1. The second-order valence-electron chi connectivity index (χ2n) is 4.87. The van der Waals surface area contributed by atoms with Crippen LogP contribution in [-0.2, 0) is 4.74 Å². The number of benzene rings is 1. The van der Waals surface area contributed by atoms with Crippen molar-refractivity contribution in [2.24, 2.45) is 0 Å². The van der Waals surface area contributed by atoms with E-state index in [4.69, 9.17) is 10.5 Å². The summed E-state index contributed by atoms with van der Waals surface area (Å²) >= 11 is 4.86. The minimum absolute atomic E-state index is 0.111. The molecular weight excluding hydrogens is 356 g/mol. The van der Waals surface area contributed by atoms with Gasteiger partial charge in [-0.15, -0.1) is 11.3 Å². The van der Waals surface area contributed by atoms with Crippen LogP contribution in [0.5, 0.6) is 0 Å². The van der Waals surface area contributed by atoms with Gasteiger partial charge in [-0.25, -0.2) is 0 Å². The Morgan fingerprint density at radius 1 is 1.57 bits per heavy atom. The lowest BCUT2D eigenvalue weighted by Crippen LogP contribution is -2.50. The van der Waals surface area contributed by atoms with Gasteiger partial charge in [-0.2, -0.15) is 0 Å². The van der Waals surface area contributed by atoms with E-state index in [0.29, 0.717) is 30.3 Å². The van der Waals surface area contributed by atoms with Crippen molar-refractivity contribution in [1.29, 1.82) is 0 Å². The molecule has 1 amide bonds. The third-order valence-electron chi connectivity index (χ3n) is 3.59. The Hall–Kier alpha value is -1.15. The summed E-state index contributed by atoms with van der Waals surface area (Å²) in [6.07, 6.45) is 0. The summed E-state index contributed by atoms with van der Waals surface area (Å²) in [7, 11) is 0. The molecule has 0 spiro atoms. The molecule has 1 fully saturated rings. The molecule has 21 heavy (non-hydrogen) atoms. The molecular formula is C14H15BrN2O3S. The standard InChI is InChI=1S/C14H15BrN2O3S/c15-9-2-1-3-10-11(9)12(16)13(21-10)14(19)17-4-5-20-7-8(17)6-18/h1-3,8,18H,4-7,16H2. The summed E-state index contributed by atoms with van der Waals surface area (Å²) in [5, 5.41) is 10.3. The molecule has 1 aliphatic heterocycles. The number of aliphatic hydroxyl groups excluding tert-OH is 1. The normalized spacial score (nSPS) is 19.1. The number of ether oxygens (including phenoxy) is 1. The first-order chi connectivity index (χ1) is 10.1. The smallest absolute Gasteiger partial charge is 0.266 e. The van der Waals surface area contributed by atoms with Crippen LogP contribution in [0.4, 0.5) is 5.69 Å². The number of nitrogen functional groups attached to an aromatic ring is 1. The molecule has 0 aliphatic carbocycles. The first kappa shape index (κ1) is 14.8. The van der Waals surface area contributed by atoms with Crippen LogP contribution in [0, 0.1) is 0 Å². The third-order valence-corrected chi connectivity index (χ3v) is 5.41. The quantitative estimate of drug-likeness (QED) is 0.848. The summed E-state index contributed by atoms with van der Waals surface area (Å²) in [4.78, 5) is 14.9. The topological polar surface area (TPSA) is 75.8 Å². The summed E-state index contributed by atoms with van der Waals surface area (Å²) in [5.74, 6) is -0.136. The van der Waals surface area contributed by atoms with Crippen molar-refractivity contribution in [3.8, 4) is 0 Å². The number of carbonyl (C=O) groups is 1. The zero-order valence-corrected chi connectivity index (χ0v) is 13.6. The molecule has 0 bridgehead atoms. The van der Waals surface area contributed by atoms with Gasteiger partial charge in [-0.3, -0.25) is 4.79 Å². The molecule has 1 aromatic carbocycles. The number of amides is 1. The van der Waals surface area contributed by atoms with Gasteiger partial charge < -0.3 is 20.5 Å². The zero-order chi connectivity index (χ0) is 15.0. The molecule has 1 atom stereocenters. The Morgan fingerprint density at radius 2 is 2.38 bits per heavy atom. The van der Waals surface area contributed by atoms with Gasteiger partial charge in [0.2, 0.25) is 0 Å². The zero-order valence-electron chi connectivity index (χ0n) is 11.2. The summed E-state index contributed by atoms with van der Waals surface area (Å²) in [6.45, 7) is 1.20. The maximum absolute atomic E-state index is 12.7. The lowest BCUT2D eigenvalue weighted by Gasteiger charge is -2.34. The Bertz CT molecular complexity index is 688. The van der Waals surface area contributed by atoms with Crippen LogP contribution in [0.2, 0.25) is 0 Å². The predicted molar refractivity (Wildman–Crippen MR) is 86.7 cm³/mol. The fourth-order valence-corrected chi connectivity index (χ4v) is 4.31. The van der Waals surface area contributed by atoms with Gasteiger partial charge in [0.1, 0.15) is 4.88 Å². The van der Waals surface area contributed by atoms with Gasteiger partial charge >= 0.3 is 0 Å². The van der Waals surface area contributed by atoms with E-state index in [1.165, 1.54) is 11.3 Å². The van der Waals surface area contributed by atoms with Crippen molar-refractivity contribution in [3.05, 3.63) is 27.5 Å². The summed E-state index contributed by atoms with van der Waals surface area (Å²) in [6, 6.07) is 5.47. The minimum atomic E-state index is -0.306. The molecule has 0 radical (unpaired) electrons. The highest BCUT2D eigenvalue weighted by atomic mass is 79.9. The molecule has 2 aromatic rings. The molecule has 1 saturated heterocycles. The van der Waals surface area contributed by atoms with E-state index in [1.807, 2.05) is 18.2 Å². The molecule has 3 N–H and O–H groups in total. The number of hydrogen-bond acceptors (Lipinski definition) is 5. The molecule has 5 nitrogen and oxygen atoms in total. The Labute approximate surface area is 134 Å². The third kappa shape index (κ3) is 2.55. The molecule has 7 heteroatoms. The number of hydrogen-bond donors (Lipinski definition) is 2. The average molecular weight is 371 g/mol. The van der Waals surface area contributed by atoms with E-state index >= 15 is 0 Å². The number of morpholine rings is 1. The van der Waals surface area contributed by atoms with Crippen LogP contribution in [0.3, 0.4) is 0 Å². The van der Waals surface area contributed by atoms with E-state index in [1.54, 1.807) is 4.90 Å². The van der Waals surface area contributed by atoms with Crippen molar-refractivity contribution in [2.75, 3.05) is 32.1 Å². The van der Waals surface area contributed by atoms with Gasteiger partial charge in [0.05, 0.1) is 31.5 Å². The van der Waals surface area contributed by atoms with Crippen LogP contribution < -0.4 is 5.73 Å². The van der Waals surface area contributed by atoms with E-state index < -0.39 is 0 Å². The van der Waals surface area contributed by atoms with Crippen molar-refractivity contribution in [2.45, 2.75) is 6.04 Å². The van der Waals surface area contributed by atoms with E-state index in [-0.39, 0.29) is 18.6 Å². The van der Waals surface area contributed by atoms with Crippen LogP contribution >= 0.6 is 27.3 Å². The van der Waals surface area contributed by atoms with Crippen LogP contribution in [0.15, 0.2) is 22.7 Å². The van der Waals surface area contributed by atoms with Crippen molar-refractivity contribution < 1.29 is 14.6 Å². The highest BCUT2D eigenvalue weighted by Crippen LogP contribution is 2.39. The van der Waals surface area contributed by atoms with Crippen molar-refractivity contribution in [3.63, 3.8) is 0 Å².